The molecule has 0 aromatic carbocycles. The van der Waals surface area contributed by atoms with E-state index in [-0.39, 0.29) is 6.42 Å². The maximum atomic E-state index is 9.26. The molecular formula is C8H19NO2. The van der Waals surface area contributed by atoms with Gasteiger partial charge < -0.3 is 14.4 Å². The molecule has 3 heteroatoms. The molecule has 0 amide bonds. The van der Waals surface area contributed by atoms with Gasteiger partial charge in [-0.1, -0.05) is 6.92 Å². The number of nitrogens with zero attached hydrogens (tertiary/aromatic N) is 1. The van der Waals surface area contributed by atoms with Gasteiger partial charge in [0, 0.05) is 5.97 Å². The highest BCUT2D eigenvalue weighted by atomic mass is 16.4. The Labute approximate surface area is 69.2 Å². The molecule has 0 spiro atoms. The molecule has 0 saturated heterocycles. The standard InChI is InChI=1S/C5H14N.C3H6O2/c1-5-6(2,3)4;1-2-3(4)5/h5H2,1-4H3;2H2,1H3,(H,4,5)/q+1;/p-1. The lowest BCUT2D eigenvalue weighted by Gasteiger charge is -2.20. The van der Waals surface area contributed by atoms with Crippen LogP contribution in [0.3, 0.4) is 0 Å². The second-order valence-corrected chi connectivity index (χ2v) is 3.33. The van der Waals surface area contributed by atoms with Gasteiger partial charge in [0.2, 0.25) is 0 Å². The monoisotopic (exact) mass is 161 g/mol. The summed E-state index contributed by atoms with van der Waals surface area (Å²) in [7, 11) is 6.54. The van der Waals surface area contributed by atoms with E-state index >= 15 is 0 Å². The number of hydrogen-bond acceptors (Lipinski definition) is 2. The number of carboxylic acid groups (broad SMARTS) is 1. The third-order valence-corrected chi connectivity index (χ3v) is 1.24. The fourth-order valence-corrected chi connectivity index (χ4v) is 0. The molecule has 3 nitrogen and oxygen atoms in total. The minimum Gasteiger partial charge on any atom is -0.550 e. The number of carbonyl (C=O) groups excluding carboxylic acids is 1. The Morgan fingerprint density at radius 2 is 1.45 bits per heavy atom. The Bertz CT molecular complexity index is 105. The van der Waals surface area contributed by atoms with Gasteiger partial charge in [0.15, 0.2) is 0 Å². The summed E-state index contributed by atoms with van der Waals surface area (Å²) >= 11 is 0. The number of rotatable bonds is 2. The zero-order valence-corrected chi connectivity index (χ0v) is 8.18. The topological polar surface area (TPSA) is 40.1 Å². The second-order valence-electron chi connectivity index (χ2n) is 3.33. The van der Waals surface area contributed by atoms with Crippen LogP contribution in [0.1, 0.15) is 20.3 Å². The molecule has 68 valence electrons. The molecule has 0 rings (SSSR count). The van der Waals surface area contributed by atoms with Crippen LogP contribution in [0.4, 0.5) is 0 Å². The van der Waals surface area contributed by atoms with Crippen molar-refractivity contribution >= 4 is 5.97 Å². The molecule has 0 N–H and O–H groups in total. The van der Waals surface area contributed by atoms with Crippen molar-refractivity contribution in [1.29, 1.82) is 0 Å². The smallest absolute Gasteiger partial charge is 0.0751 e. The average Bonchev–Trinajstić information content (AvgIpc) is 1.88. The van der Waals surface area contributed by atoms with Crippen molar-refractivity contribution in [3.05, 3.63) is 0 Å². The first kappa shape index (κ1) is 13.1. The van der Waals surface area contributed by atoms with Gasteiger partial charge in [-0.25, -0.2) is 0 Å². The van der Waals surface area contributed by atoms with Gasteiger partial charge in [-0.3, -0.25) is 0 Å². The highest BCUT2D eigenvalue weighted by molar-refractivity contribution is 5.63. The van der Waals surface area contributed by atoms with E-state index in [1.165, 1.54) is 13.5 Å². The predicted octanol–water partition coefficient (Wildman–Crippen LogP) is -0.141. The molecule has 0 atom stereocenters. The molecule has 0 aliphatic rings. The Morgan fingerprint density at radius 3 is 1.45 bits per heavy atom. The third kappa shape index (κ3) is 26.5. The van der Waals surface area contributed by atoms with Crippen LogP contribution in [0, 0.1) is 0 Å². The molecule has 0 aliphatic carbocycles. The largest absolute Gasteiger partial charge is 0.550 e. The van der Waals surface area contributed by atoms with Crippen molar-refractivity contribution in [2.45, 2.75) is 20.3 Å². The van der Waals surface area contributed by atoms with Crippen LogP contribution in [0.2, 0.25) is 0 Å². The summed E-state index contributed by atoms with van der Waals surface area (Å²) in [5, 5.41) is 9.26. The molecular weight excluding hydrogens is 142 g/mol. The summed E-state index contributed by atoms with van der Waals surface area (Å²) in [6.45, 7) is 4.93. The fraction of sp³-hybridized carbons (Fsp3) is 0.875. The fourth-order valence-electron chi connectivity index (χ4n) is 0. The molecule has 0 radical (unpaired) electrons. The molecule has 0 bridgehead atoms. The van der Waals surface area contributed by atoms with Gasteiger partial charge in [-0.05, 0) is 13.3 Å². The summed E-state index contributed by atoms with van der Waals surface area (Å²) in [4.78, 5) is 9.26. The summed E-state index contributed by atoms with van der Waals surface area (Å²) in [6.07, 6.45) is 0.111. The maximum Gasteiger partial charge on any atom is 0.0751 e. The van der Waals surface area contributed by atoms with Crippen LogP contribution in [0.5, 0.6) is 0 Å². The van der Waals surface area contributed by atoms with E-state index in [1.54, 1.807) is 0 Å². The van der Waals surface area contributed by atoms with E-state index in [9.17, 15) is 9.90 Å². The van der Waals surface area contributed by atoms with E-state index in [4.69, 9.17) is 0 Å². The van der Waals surface area contributed by atoms with Crippen LogP contribution in [-0.4, -0.2) is 38.1 Å². The number of carboxylic acids is 1. The zero-order valence-electron chi connectivity index (χ0n) is 8.18. The van der Waals surface area contributed by atoms with Gasteiger partial charge in [0.05, 0.1) is 27.7 Å². The number of hydrogen-bond donors (Lipinski definition) is 0. The Morgan fingerprint density at radius 1 is 1.27 bits per heavy atom. The van der Waals surface area contributed by atoms with Crippen molar-refractivity contribution in [1.82, 2.24) is 0 Å². The van der Waals surface area contributed by atoms with Crippen molar-refractivity contribution < 1.29 is 14.4 Å². The van der Waals surface area contributed by atoms with E-state index in [0.29, 0.717) is 0 Å². The molecule has 0 aromatic heterocycles. The molecule has 0 aromatic rings. The van der Waals surface area contributed by atoms with Gasteiger partial charge in [0.1, 0.15) is 0 Å². The first-order valence-corrected chi connectivity index (χ1v) is 3.83. The van der Waals surface area contributed by atoms with E-state index < -0.39 is 5.97 Å². The van der Waals surface area contributed by atoms with Gasteiger partial charge >= 0.3 is 0 Å². The lowest BCUT2D eigenvalue weighted by molar-refractivity contribution is -0.868. The molecule has 11 heavy (non-hydrogen) atoms. The second kappa shape index (κ2) is 6.16. The SMILES string of the molecule is CCC(=O)[O-].CC[N+](C)(C)C. The molecule has 0 heterocycles. The van der Waals surface area contributed by atoms with E-state index in [2.05, 4.69) is 28.1 Å². The quantitative estimate of drug-likeness (QED) is 0.529. The first-order chi connectivity index (χ1) is 4.83. The lowest BCUT2D eigenvalue weighted by Crippen LogP contribution is -2.33. The normalized spacial score (nSPS) is 9.91. The van der Waals surface area contributed by atoms with E-state index in [1.807, 2.05) is 0 Å². The summed E-state index contributed by atoms with van der Waals surface area (Å²) in [5.41, 5.74) is 0. The Kier molecular flexibility index (Phi) is 7.31. The number of quaternary nitrogens is 1. The molecule has 0 aliphatic heterocycles. The van der Waals surface area contributed by atoms with E-state index in [0.717, 1.165) is 4.48 Å². The number of aliphatic carboxylic acids is 1. The summed E-state index contributed by atoms with van der Waals surface area (Å²) < 4.78 is 1.07. The molecule has 0 saturated carbocycles. The number of carbonyl (C=O) groups is 1. The molecule has 0 unspecified atom stereocenters. The van der Waals surface area contributed by atoms with Crippen LogP contribution < -0.4 is 5.11 Å². The summed E-state index contributed by atoms with van der Waals surface area (Å²) in [5.74, 6) is -0.995. The van der Waals surface area contributed by atoms with Crippen LogP contribution >= 0.6 is 0 Å². The zero-order chi connectivity index (χ0) is 9.49. The van der Waals surface area contributed by atoms with Crippen molar-refractivity contribution in [2.75, 3.05) is 27.7 Å². The molecule has 0 fully saturated rings. The van der Waals surface area contributed by atoms with Crippen LogP contribution in [0.25, 0.3) is 0 Å². The van der Waals surface area contributed by atoms with Crippen LogP contribution in [0.15, 0.2) is 0 Å². The van der Waals surface area contributed by atoms with Crippen LogP contribution in [-0.2, 0) is 4.79 Å². The Hall–Kier alpha value is -0.570. The lowest BCUT2D eigenvalue weighted by atomic mass is 10.5. The highest BCUT2D eigenvalue weighted by Gasteiger charge is 1.97. The van der Waals surface area contributed by atoms with Crippen molar-refractivity contribution in [2.24, 2.45) is 0 Å². The van der Waals surface area contributed by atoms with Gasteiger partial charge in [-0.2, -0.15) is 0 Å². The van der Waals surface area contributed by atoms with Gasteiger partial charge in [-0.15, -0.1) is 0 Å². The first-order valence-electron chi connectivity index (χ1n) is 3.83. The Balaban J connectivity index is 0. The van der Waals surface area contributed by atoms with Gasteiger partial charge in [0.25, 0.3) is 0 Å². The minimum atomic E-state index is -0.995. The van der Waals surface area contributed by atoms with Crippen molar-refractivity contribution in [3.63, 3.8) is 0 Å². The highest BCUT2D eigenvalue weighted by Crippen LogP contribution is 1.83. The predicted molar refractivity (Wildman–Crippen MR) is 43.9 cm³/mol. The summed E-state index contributed by atoms with van der Waals surface area (Å²) in [6, 6.07) is 0. The average molecular weight is 161 g/mol. The third-order valence-electron chi connectivity index (χ3n) is 1.24. The minimum absolute atomic E-state index is 0.111. The van der Waals surface area contributed by atoms with Crippen molar-refractivity contribution in [3.8, 4) is 0 Å². The maximum absolute atomic E-state index is 9.26.